The molecule has 2 aromatic heterocycles. The highest BCUT2D eigenvalue weighted by atomic mass is 19.4. The van der Waals surface area contributed by atoms with Gasteiger partial charge in [-0.15, -0.1) is 18.3 Å². The molecule has 2 aliphatic rings. The van der Waals surface area contributed by atoms with E-state index < -0.39 is 24.1 Å². The van der Waals surface area contributed by atoms with Gasteiger partial charge < -0.3 is 15.0 Å². The van der Waals surface area contributed by atoms with Gasteiger partial charge in [0.1, 0.15) is 17.3 Å². The van der Waals surface area contributed by atoms with Gasteiger partial charge in [-0.2, -0.15) is 4.68 Å². The lowest BCUT2D eigenvalue weighted by atomic mass is 10.1. The molecule has 38 heavy (non-hydrogen) atoms. The molecule has 2 saturated carbocycles. The Morgan fingerprint density at radius 1 is 1.13 bits per heavy atom. The van der Waals surface area contributed by atoms with E-state index in [1.54, 1.807) is 31.9 Å². The molecular weight excluding hydrogens is 503 g/mol. The number of alkyl halides is 3. The zero-order valence-electron chi connectivity index (χ0n) is 21.0. The van der Waals surface area contributed by atoms with E-state index in [9.17, 15) is 22.8 Å². The van der Waals surface area contributed by atoms with Gasteiger partial charge in [0, 0.05) is 18.7 Å². The summed E-state index contributed by atoms with van der Waals surface area (Å²) in [7, 11) is 1.73. The fraction of sp³-hybridized carbons (Fsp3) is 0.440. The van der Waals surface area contributed by atoms with Gasteiger partial charge in [0.15, 0.2) is 11.6 Å². The van der Waals surface area contributed by atoms with Crippen molar-refractivity contribution in [1.29, 1.82) is 0 Å². The summed E-state index contributed by atoms with van der Waals surface area (Å²) in [5.41, 5.74) is 0.877. The number of benzene rings is 1. The molecule has 2 aliphatic carbocycles. The standard InChI is InChI=1S/C25H26F3N7O3/c1-13(31-23(36)17-8-16(15-4-5-15)9-19(10-17)38-25(26,27)28)22-32-14(2)33-35(22)21-12-29-20(11-30-21)24(37)34(3)18-6-7-18/h8-13,15,18H,4-7H2,1-3H3,(H,31,36)/t13-/m0/s1. The number of hydrogen-bond acceptors (Lipinski definition) is 7. The maximum Gasteiger partial charge on any atom is 0.573 e. The molecule has 0 aliphatic heterocycles. The summed E-state index contributed by atoms with van der Waals surface area (Å²) in [5, 5.41) is 7.11. The predicted molar refractivity (Wildman–Crippen MR) is 128 cm³/mol. The Balaban J connectivity index is 1.35. The van der Waals surface area contributed by atoms with E-state index >= 15 is 0 Å². The van der Waals surface area contributed by atoms with Gasteiger partial charge in [-0.25, -0.2) is 15.0 Å². The van der Waals surface area contributed by atoms with Crippen LogP contribution >= 0.6 is 0 Å². The van der Waals surface area contributed by atoms with Gasteiger partial charge in [-0.1, -0.05) is 0 Å². The minimum atomic E-state index is -4.87. The molecule has 3 aromatic rings. The van der Waals surface area contributed by atoms with E-state index in [1.165, 1.54) is 23.1 Å². The summed E-state index contributed by atoms with van der Waals surface area (Å²) in [5.74, 6) is -0.0877. The number of nitrogens with one attached hydrogen (secondary N) is 1. The van der Waals surface area contributed by atoms with Crippen LogP contribution in [0, 0.1) is 6.92 Å². The Bertz CT molecular complexity index is 1370. The van der Waals surface area contributed by atoms with Crippen LogP contribution in [-0.4, -0.2) is 60.9 Å². The smallest absolute Gasteiger partial charge is 0.406 e. The highest BCUT2D eigenvalue weighted by Crippen LogP contribution is 2.42. The van der Waals surface area contributed by atoms with Crippen LogP contribution in [0.1, 0.15) is 82.6 Å². The molecule has 5 rings (SSSR count). The quantitative estimate of drug-likeness (QED) is 0.471. The zero-order chi connectivity index (χ0) is 27.2. The fourth-order valence-corrected chi connectivity index (χ4v) is 4.17. The monoisotopic (exact) mass is 529 g/mol. The number of amides is 2. The summed E-state index contributed by atoms with van der Waals surface area (Å²) in [4.78, 5) is 40.2. The second-order valence-electron chi connectivity index (χ2n) is 9.64. The van der Waals surface area contributed by atoms with Crippen LogP contribution in [0.2, 0.25) is 0 Å². The van der Waals surface area contributed by atoms with Crippen molar-refractivity contribution in [3.8, 4) is 11.6 Å². The number of aromatic nitrogens is 5. The first-order valence-electron chi connectivity index (χ1n) is 12.2. The number of halogens is 3. The number of hydrogen-bond donors (Lipinski definition) is 1. The minimum Gasteiger partial charge on any atom is -0.406 e. The van der Waals surface area contributed by atoms with E-state index in [-0.39, 0.29) is 29.1 Å². The summed E-state index contributed by atoms with van der Waals surface area (Å²) in [6, 6.07) is 3.51. The SMILES string of the molecule is Cc1nc([C@H](C)NC(=O)c2cc(OC(F)(F)F)cc(C3CC3)c2)n(-c2cnc(C(=O)N(C)C3CC3)cn2)n1. The maximum absolute atomic E-state index is 13.1. The number of aryl methyl sites for hydroxylation is 1. The van der Waals surface area contributed by atoms with Crippen LogP contribution in [0.25, 0.3) is 5.82 Å². The molecule has 2 amide bonds. The van der Waals surface area contributed by atoms with Crippen LogP contribution < -0.4 is 10.1 Å². The largest absolute Gasteiger partial charge is 0.573 e. The highest BCUT2D eigenvalue weighted by molar-refractivity contribution is 5.95. The van der Waals surface area contributed by atoms with Crippen molar-refractivity contribution >= 4 is 11.8 Å². The summed E-state index contributed by atoms with van der Waals surface area (Å²) >= 11 is 0. The van der Waals surface area contributed by atoms with Crippen molar-refractivity contribution in [2.75, 3.05) is 7.05 Å². The summed E-state index contributed by atoms with van der Waals surface area (Å²) < 4.78 is 44.0. The minimum absolute atomic E-state index is 0.0470. The second kappa shape index (κ2) is 9.69. The molecule has 200 valence electrons. The lowest BCUT2D eigenvalue weighted by molar-refractivity contribution is -0.274. The summed E-state index contributed by atoms with van der Waals surface area (Å²) in [6.07, 6.45) is 1.54. The highest BCUT2D eigenvalue weighted by Gasteiger charge is 2.33. The Morgan fingerprint density at radius 3 is 2.47 bits per heavy atom. The first kappa shape index (κ1) is 25.6. The van der Waals surface area contributed by atoms with Gasteiger partial charge >= 0.3 is 6.36 Å². The molecule has 13 heteroatoms. The van der Waals surface area contributed by atoms with Gasteiger partial charge in [0.25, 0.3) is 11.8 Å². The molecule has 1 N–H and O–H groups in total. The zero-order valence-corrected chi connectivity index (χ0v) is 21.0. The van der Waals surface area contributed by atoms with Gasteiger partial charge in [0.05, 0.1) is 18.4 Å². The first-order valence-corrected chi connectivity index (χ1v) is 12.2. The van der Waals surface area contributed by atoms with Crippen molar-refractivity contribution in [1.82, 2.24) is 34.9 Å². The molecule has 0 saturated heterocycles. The Morgan fingerprint density at radius 2 is 1.87 bits per heavy atom. The van der Waals surface area contributed by atoms with Gasteiger partial charge in [0.2, 0.25) is 0 Å². The lowest BCUT2D eigenvalue weighted by Gasteiger charge is -2.17. The van der Waals surface area contributed by atoms with E-state index in [1.807, 2.05) is 0 Å². The Kier molecular flexibility index (Phi) is 6.53. The topological polar surface area (TPSA) is 115 Å². The third-order valence-electron chi connectivity index (χ3n) is 6.44. The van der Waals surface area contributed by atoms with Crippen LogP contribution in [0.5, 0.6) is 5.75 Å². The summed E-state index contributed by atoms with van der Waals surface area (Å²) in [6.45, 7) is 3.34. The van der Waals surface area contributed by atoms with Crippen molar-refractivity contribution < 1.29 is 27.5 Å². The molecule has 1 atom stereocenters. The van der Waals surface area contributed by atoms with Gasteiger partial charge in [-0.3, -0.25) is 9.59 Å². The fourth-order valence-electron chi connectivity index (χ4n) is 4.17. The third kappa shape index (κ3) is 5.76. The van der Waals surface area contributed by atoms with Crippen LogP contribution in [0.3, 0.4) is 0 Å². The number of carbonyl (C=O) groups excluding carboxylic acids is 2. The number of ether oxygens (including phenoxy) is 1. The predicted octanol–water partition coefficient (Wildman–Crippen LogP) is 3.87. The van der Waals surface area contributed by atoms with Crippen LogP contribution in [0.15, 0.2) is 30.6 Å². The second-order valence-corrected chi connectivity index (χ2v) is 9.64. The number of nitrogens with zero attached hydrogens (tertiary/aromatic N) is 6. The van der Waals surface area contributed by atoms with E-state index in [2.05, 4.69) is 30.1 Å². The number of carbonyl (C=O) groups is 2. The third-order valence-corrected chi connectivity index (χ3v) is 6.44. The molecule has 2 fully saturated rings. The van der Waals surface area contributed by atoms with Gasteiger partial charge in [-0.05, 0) is 69.2 Å². The van der Waals surface area contributed by atoms with E-state index in [4.69, 9.17) is 0 Å². The van der Waals surface area contributed by atoms with Crippen molar-refractivity contribution in [2.45, 2.75) is 63.9 Å². The van der Waals surface area contributed by atoms with Crippen LogP contribution in [0.4, 0.5) is 13.2 Å². The number of rotatable bonds is 8. The Labute approximate surface area is 216 Å². The average molecular weight is 530 g/mol. The molecule has 10 nitrogen and oxygen atoms in total. The lowest BCUT2D eigenvalue weighted by Crippen LogP contribution is -2.30. The van der Waals surface area contributed by atoms with Crippen LogP contribution in [-0.2, 0) is 0 Å². The molecule has 0 spiro atoms. The molecular formula is C25H26F3N7O3. The van der Waals surface area contributed by atoms with Crippen molar-refractivity contribution in [3.05, 3.63) is 59.1 Å². The Hall–Kier alpha value is -4.03. The maximum atomic E-state index is 13.1. The molecule has 1 aromatic carbocycles. The normalized spacial score (nSPS) is 16.2. The first-order chi connectivity index (χ1) is 18.0. The molecule has 0 radical (unpaired) electrons. The molecule has 0 bridgehead atoms. The molecule has 2 heterocycles. The van der Waals surface area contributed by atoms with E-state index in [0.29, 0.717) is 23.0 Å². The van der Waals surface area contributed by atoms with Crippen molar-refractivity contribution in [2.24, 2.45) is 0 Å². The average Bonchev–Trinajstić information content (AvgIpc) is 3.79. The van der Waals surface area contributed by atoms with Crippen molar-refractivity contribution in [3.63, 3.8) is 0 Å². The molecule has 0 unspecified atom stereocenters. The van der Waals surface area contributed by atoms with E-state index in [0.717, 1.165) is 31.7 Å².